The quantitative estimate of drug-likeness (QED) is 0.723. The van der Waals surface area contributed by atoms with Crippen molar-refractivity contribution in [3.05, 3.63) is 24.0 Å². The molecular formula is C13H18N2O2. The zero-order valence-corrected chi connectivity index (χ0v) is 9.97. The van der Waals surface area contributed by atoms with Gasteiger partial charge in [0, 0.05) is 12.7 Å². The van der Waals surface area contributed by atoms with E-state index in [9.17, 15) is 0 Å². The first-order chi connectivity index (χ1) is 8.42. The largest absolute Gasteiger partial charge is 0.489 e. The number of hydrogen-bond donors (Lipinski definition) is 0. The Labute approximate surface area is 102 Å². The van der Waals surface area contributed by atoms with Crippen LogP contribution >= 0.6 is 0 Å². The summed E-state index contributed by atoms with van der Waals surface area (Å²) in [6.45, 7) is 4.76. The maximum Gasteiger partial charge on any atom is 0.142 e. The molecule has 3 heterocycles. The first-order valence-electron chi connectivity index (χ1n) is 6.32. The van der Waals surface area contributed by atoms with Gasteiger partial charge in [0.15, 0.2) is 0 Å². The van der Waals surface area contributed by atoms with Crippen molar-refractivity contribution >= 4 is 0 Å². The molecule has 0 aliphatic carbocycles. The zero-order chi connectivity index (χ0) is 11.5. The van der Waals surface area contributed by atoms with Gasteiger partial charge in [-0.3, -0.25) is 9.88 Å². The molecule has 0 aromatic carbocycles. The molecule has 3 rings (SSSR count). The average molecular weight is 234 g/mol. The Morgan fingerprint density at radius 2 is 2.24 bits per heavy atom. The van der Waals surface area contributed by atoms with Gasteiger partial charge in [0.2, 0.25) is 0 Å². The Kier molecular flexibility index (Phi) is 3.25. The summed E-state index contributed by atoms with van der Waals surface area (Å²) in [5, 5.41) is 0. The number of pyridine rings is 1. The van der Waals surface area contributed by atoms with Crippen molar-refractivity contribution < 1.29 is 9.47 Å². The average Bonchev–Trinajstić information content (AvgIpc) is 3.05. The topological polar surface area (TPSA) is 37.9 Å². The molecule has 2 fully saturated rings. The molecule has 1 unspecified atom stereocenters. The molecule has 2 aliphatic rings. The van der Waals surface area contributed by atoms with Crippen LogP contribution in [0.5, 0.6) is 5.75 Å². The molecule has 0 radical (unpaired) electrons. The number of ether oxygens (including phenoxy) is 2. The maximum atomic E-state index is 5.76. The highest BCUT2D eigenvalue weighted by molar-refractivity contribution is 5.27. The van der Waals surface area contributed by atoms with Crippen LogP contribution in [-0.2, 0) is 11.3 Å². The summed E-state index contributed by atoms with van der Waals surface area (Å²) in [7, 11) is 0. The maximum absolute atomic E-state index is 5.76. The second-order valence-corrected chi connectivity index (χ2v) is 4.70. The van der Waals surface area contributed by atoms with Gasteiger partial charge in [-0.05, 0) is 38.1 Å². The van der Waals surface area contributed by atoms with Gasteiger partial charge in [-0.15, -0.1) is 0 Å². The molecular weight excluding hydrogens is 216 g/mol. The molecule has 17 heavy (non-hydrogen) atoms. The summed E-state index contributed by atoms with van der Waals surface area (Å²) in [5.74, 6) is 0.912. The number of likely N-dealkylation sites (tertiary alicyclic amines) is 1. The van der Waals surface area contributed by atoms with E-state index in [1.165, 1.54) is 25.9 Å². The second kappa shape index (κ2) is 5.02. The Balaban J connectivity index is 1.63. The van der Waals surface area contributed by atoms with E-state index in [1.807, 2.05) is 18.3 Å². The summed E-state index contributed by atoms with van der Waals surface area (Å²) in [6, 6.07) is 3.93. The third kappa shape index (κ3) is 2.96. The first-order valence-corrected chi connectivity index (χ1v) is 6.32. The summed E-state index contributed by atoms with van der Waals surface area (Å²) >= 11 is 0. The van der Waals surface area contributed by atoms with Gasteiger partial charge in [0.05, 0.1) is 12.3 Å². The van der Waals surface area contributed by atoms with Crippen LogP contribution in [-0.4, -0.2) is 42.3 Å². The van der Waals surface area contributed by atoms with Crippen LogP contribution < -0.4 is 4.74 Å². The number of epoxide rings is 1. The minimum atomic E-state index is 0.301. The molecule has 0 spiro atoms. The minimum absolute atomic E-state index is 0.301. The van der Waals surface area contributed by atoms with Crippen molar-refractivity contribution in [3.63, 3.8) is 0 Å². The third-order valence-corrected chi connectivity index (χ3v) is 3.25. The van der Waals surface area contributed by atoms with Gasteiger partial charge in [-0.1, -0.05) is 0 Å². The second-order valence-electron chi connectivity index (χ2n) is 4.70. The molecule has 1 aromatic heterocycles. The number of aromatic nitrogens is 1. The lowest BCUT2D eigenvalue weighted by atomic mass is 10.3. The highest BCUT2D eigenvalue weighted by atomic mass is 16.6. The van der Waals surface area contributed by atoms with Gasteiger partial charge in [0.1, 0.15) is 18.5 Å². The molecule has 1 aromatic rings. The van der Waals surface area contributed by atoms with E-state index in [-0.39, 0.29) is 0 Å². The monoisotopic (exact) mass is 234 g/mol. The molecule has 2 aliphatic heterocycles. The van der Waals surface area contributed by atoms with Gasteiger partial charge < -0.3 is 9.47 Å². The predicted molar refractivity (Wildman–Crippen MR) is 64.0 cm³/mol. The highest BCUT2D eigenvalue weighted by Gasteiger charge is 2.24. The molecule has 2 saturated heterocycles. The molecule has 4 heteroatoms. The van der Waals surface area contributed by atoms with Crippen LogP contribution in [0.2, 0.25) is 0 Å². The summed E-state index contributed by atoms with van der Waals surface area (Å²) in [5.41, 5.74) is 1.05. The van der Waals surface area contributed by atoms with Crippen LogP contribution in [0.3, 0.4) is 0 Å². The van der Waals surface area contributed by atoms with E-state index in [4.69, 9.17) is 9.47 Å². The minimum Gasteiger partial charge on any atom is -0.489 e. The molecule has 0 saturated carbocycles. The van der Waals surface area contributed by atoms with Gasteiger partial charge in [0.25, 0.3) is 0 Å². The van der Waals surface area contributed by atoms with Crippen LogP contribution in [0.4, 0.5) is 0 Å². The fraction of sp³-hybridized carbons (Fsp3) is 0.615. The molecule has 1 atom stereocenters. The number of hydrogen-bond acceptors (Lipinski definition) is 4. The molecule has 4 nitrogen and oxygen atoms in total. The van der Waals surface area contributed by atoms with E-state index in [2.05, 4.69) is 9.88 Å². The molecule has 0 N–H and O–H groups in total. The Hall–Kier alpha value is -1.13. The Bertz CT molecular complexity index is 373. The lowest BCUT2D eigenvalue weighted by Gasteiger charge is -2.16. The smallest absolute Gasteiger partial charge is 0.142 e. The molecule has 92 valence electrons. The van der Waals surface area contributed by atoms with Crippen LogP contribution in [0.15, 0.2) is 18.3 Å². The fourth-order valence-electron chi connectivity index (χ4n) is 2.17. The normalized spacial score (nSPS) is 23.9. The Morgan fingerprint density at radius 3 is 3.00 bits per heavy atom. The zero-order valence-electron chi connectivity index (χ0n) is 9.97. The predicted octanol–water partition coefficient (Wildman–Crippen LogP) is 1.45. The van der Waals surface area contributed by atoms with E-state index in [0.717, 1.165) is 24.6 Å². The summed E-state index contributed by atoms with van der Waals surface area (Å²) in [6.07, 6.45) is 4.75. The van der Waals surface area contributed by atoms with Crippen molar-refractivity contribution in [2.75, 3.05) is 26.3 Å². The Morgan fingerprint density at radius 1 is 1.41 bits per heavy atom. The van der Waals surface area contributed by atoms with Crippen molar-refractivity contribution in [1.82, 2.24) is 9.88 Å². The fourth-order valence-corrected chi connectivity index (χ4v) is 2.17. The van der Waals surface area contributed by atoms with Crippen LogP contribution in [0, 0.1) is 0 Å². The van der Waals surface area contributed by atoms with E-state index >= 15 is 0 Å². The van der Waals surface area contributed by atoms with Crippen LogP contribution in [0.25, 0.3) is 0 Å². The highest BCUT2D eigenvalue weighted by Crippen LogP contribution is 2.21. The number of rotatable bonds is 5. The molecule has 0 bridgehead atoms. The van der Waals surface area contributed by atoms with Gasteiger partial charge in [-0.25, -0.2) is 0 Å². The van der Waals surface area contributed by atoms with Crippen molar-refractivity contribution in [3.8, 4) is 5.75 Å². The lowest BCUT2D eigenvalue weighted by molar-refractivity contribution is 0.253. The van der Waals surface area contributed by atoms with Crippen molar-refractivity contribution in [2.24, 2.45) is 0 Å². The third-order valence-electron chi connectivity index (χ3n) is 3.25. The van der Waals surface area contributed by atoms with E-state index < -0.39 is 0 Å². The summed E-state index contributed by atoms with van der Waals surface area (Å²) < 4.78 is 10.9. The van der Waals surface area contributed by atoms with Crippen molar-refractivity contribution in [1.29, 1.82) is 0 Å². The van der Waals surface area contributed by atoms with Gasteiger partial charge in [-0.2, -0.15) is 0 Å². The molecule has 0 amide bonds. The number of nitrogens with zero attached hydrogens (tertiary/aromatic N) is 2. The van der Waals surface area contributed by atoms with Crippen LogP contribution in [0.1, 0.15) is 18.5 Å². The van der Waals surface area contributed by atoms with E-state index in [0.29, 0.717) is 12.7 Å². The van der Waals surface area contributed by atoms with Crippen molar-refractivity contribution in [2.45, 2.75) is 25.5 Å². The SMILES string of the molecule is c1cnc(CN2CCCC2)c(OCC2CO2)c1. The lowest BCUT2D eigenvalue weighted by Crippen LogP contribution is -2.20. The standard InChI is InChI=1S/C13H18N2O2/c1-2-7-15(6-1)8-12-13(4-3-5-14-12)17-10-11-9-16-11/h3-5,11H,1-2,6-10H2. The van der Waals surface area contributed by atoms with E-state index in [1.54, 1.807) is 0 Å². The first kappa shape index (κ1) is 11.0. The summed E-state index contributed by atoms with van der Waals surface area (Å²) in [4.78, 5) is 6.87. The van der Waals surface area contributed by atoms with Gasteiger partial charge >= 0.3 is 0 Å².